The Morgan fingerprint density at radius 2 is 1.96 bits per heavy atom. The van der Waals surface area contributed by atoms with Crippen LogP contribution in [0.5, 0.6) is 0 Å². The summed E-state index contributed by atoms with van der Waals surface area (Å²) in [5.74, 6) is -0.804. The molecule has 1 fully saturated rings. The third-order valence-electron chi connectivity index (χ3n) is 4.34. The Morgan fingerprint density at radius 3 is 2.68 bits per heavy atom. The van der Waals surface area contributed by atoms with Crippen molar-refractivity contribution < 1.29 is 9.59 Å². The summed E-state index contributed by atoms with van der Waals surface area (Å²) in [6.07, 6.45) is 3.08. The molecule has 2 aromatic rings. The predicted molar refractivity (Wildman–Crippen MR) is 94.8 cm³/mol. The third kappa shape index (κ3) is 3.66. The van der Waals surface area contributed by atoms with Crippen LogP contribution in [0.4, 0.5) is 0 Å². The molecule has 0 bridgehead atoms. The van der Waals surface area contributed by atoms with Gasteiger partial charge in [0.05, 0.1) is 17.4 Å². The van der Waals surface area contributed by atoms with Crippen molar-refractivity contribution in [2.45, 2.75) is 19.3 Å². The van der Waals surface area contributed by atoms with Gasteiger partial charge in [-0.15, -0.1) is 0 Å². The highest BCUT2D eigenvalue weighted by Gasteiger charge is 2.20. The Labute approximate surface area is 149 Å². The van der Waals surface area contributed by atoms with Crippen molar-refractivity contribution in [3.05, 3.63) is 39.1 Å². The number of amides is 2. The van der Waals surface area contributed by atoms with Gasteiger partial charge in [-0.25, -0.2) is 0 Å². The van der Waals surface area contributed by atoms with E-state index >= 15 is 0 Å². The Morgan fingerprint density at radius 1 is 1.24 bits per heavy atom. The molecule has 0 unspecified atom stereocenters. The fraction of sp³-hybridized carbons (Fsp3) is 0.412. The summed E-state index contributed by atoms with van der Waals surface area (Å²) in [6, 6.07) is 4.84. The number of aryl methyl sites for hydroxylation is 1. The van der Waals surface area contributed by atoms with Crippen LogP contribution >= 0.6 is 11.6 Å². The minimum Gasteiger partial charge on any atom is -0.341 e. The maximum absolute atomic E-state index is 12.5. The van der Waals surface area contributed by atoms with E-state index in [4.69, 9.17) is 11.6 Å². The second kappa shape index (κ2) is 7.23. The average molecular weight is 363 g/mol. The minimum atomic E-state index is -0.659. The predicted octanol–water partition coefficient (Wildman–Crippen LogP) is 1.33. The van der Waals surface area contributed by atoms with Gasteiger partial charge in [0.15, 0.2) is 5.69 Å². The van der Waals surface area contributed by atoms with E-state index in [2.05, 4.69) is 10.4 Å². The number of rotatable bonds is 3. The Hall–Kier alpha value is -2.41. The molecule has 7 nitrogen and oxygen atoms in total. The van der Waals surface area contributed by atoms with Gasteiger partial charge in [0.1, 0.15) is 0 Å². The lowest BCUT2D eigenvalue weighted by Crippen LogP contribution is -2.43. The molecule has 0 radical (unpaired) electrons. The van der Waals surface area contributed by atoms with Crippen molar-refractivity contribution in [2.75, 3.05) is 19.6 Å². The number of hydrogen-bond acceptors (Lipinski definition) is 4. The summed E-state index contributed by atoms with van der Waals surface area (Å²) in [5.41, 5.74) is -0.169. The van der Waals surface area contributed by atoms with E-state index in [9.17, 15) is 14.4 Å². The van der Waals surface area contributed by atoms with Crippen LogP contribution in [-0.2, 0) is 11.8 Å². The largest absolute Gasteiger partial charge is 0.341 e. The van der Waals surface area contributed by atoms with E-state index in [1.807, 2.05) is 0 Å². The van der Waals surface area contributed by atoms with Crippen molar-refractivity contribution >= 4 is 34.3 Å². The fourth-order valence-electron chi connectivity index (χ4n) is 2.99. The first kappa shape index (κ1) is 17.4. The molecule has 0 atom stereocenters. The van der Waals surface area contributed by atoms with E-state index in [0.717, 1.165) is 19.3 Å². The topological polar surface area (TPSA) is 84.3 Å². The Kier molecular flexibility index (Phi) is 5.03. The highest BCUT2D eigenvalue weighted by atomic mass is 35.5. The lowest BCUT2D eigenvalue weighted by molar-refractivity contribution is -0.130. The highest BCUT2D eigenvalue weighted by Crippen LogP contribution is 2.15. The molecule has 3 rings (SSSR count). The van der Waals surface area contributed by atoms with Crippen molar-refractivity contribution in [1.82, 2.24) is 20.0 Å². The van der Waals surface area contributed by atoms with E-state index < -0.39 is 11.3 Å². The van der Waals surface area contributed by atoms with E-state index in [1.54, 1.807) is 24.1 Å². The summed E-state index contributed by atoms with van der Waals surface area (Å²) in [5, 5.41) is 7.27. The van der Waals surface area contributed by atoms with Crippen molar-refractivity contribution in [3.8, 4) is 0 Å². The first-order chi connectivity index (χ1) is 12.0. The molecule has 132 valence electrons. The van der Waals surface area contributed by atoms with Gasteiger partial charge >= 0.3 is 0 Å². The average Bonchev–Trinajstić information content (AvgIpc) is 2.63. The summed E-state index contributed by atoms with van der Waals surface area (Å²) < 4.78 is 1.45. The van der Waals surface area contributed by atoms with E-state index in [-0.39, 0.29) is 18.1 Å². The van der Waals surface area contributed by atoms with Gasteiger partial charge in [-0.2, -0.15) is 5.10 Å². The number of benzene rings is 1. The van der Waals surface area contributed by atoms with Gasteiger partial charge in [-0.3, -0.25) is 19.1 Å². The zero-order valence-corrected chi connectivity index (χ0v) is 14.7. The number of carbonyl (C=O) groups excluding carboxylic acids is 2. The smallest absolute Gasteiger partial charge is 0.276 e. The van der Waals surface area contributed by atoms with Crippen LogP contribution in [0.25, 0.3) is 10.9 Å². The molecule has 1 N–H and O–H groups in total. The molecule has 25 heavy (non-hydrogen) atoms. The van der Waals surface area contributed by atoms with Crippen LogP contribution in [-0.4, -0.2) is 46.1 Å². The van der Waals surface area contributed by atoms with Gasteiger partial charge in [0.25, 0.3) is 5.91 Å². The Balaban J connectivity index is 1.79. The molecule has 1 saturated heterocycles. The number of nitrogens with zero attached hydrogens (tertiary/aromatic N) is 3. The second-order valence-corrected chi connectivity index (χ2v) is 6.52. The van der Waals surface area contributed by atoms with Gasteiger partial charge in [0, 0.05) is 25.2 Å². The van der Waals surface area contributed by atoms with Crippen LogP contribution in [0.3, 0.4) is 0 Å². The Bertz CT molecular complexity index is 887. The second-order valence-electron chi connectivity index (χ2n) is 6.09. The number of likely N-dealkylation sites (tertiary alicyclic amines) is 1. The van der Waals surface area contributed by atoms with E-state index in [1.165, 1.54) is 10.7 Å². The molecule has 0 saturated carbocycles. The maximum atomic E-state index is 12.5. The van der Waals surface area contributed by atoms with Gasteiger partial charge < -0.3 is 10.2 Å². The minimum absolute atomic E-state index is 0.142. The molecule has 0 aliphatic carbocycles. The zero-order chi connectivity index (χ0) is 18.0. The lowest BCUT2D eigenvalue weighted by Gasteiger charge is -2.26. The van der Waals surface area contributed by atoms with Crippen LogP contribution in [0.2, 0.25) is 5.02 Å². The summed E-state index contributed by atoms with van der Waals surface area (Å²) in [7, 11) is 1.64. The molecule has 1 aromatic carbocycles. The summed E-state index contributed by atoms with van der Waals surface area (Å²) in [6.45, 7) is 1.28. The van der Waals surface area contributed by atoms with Crippen molar-refractivity contribution in [3.63, 3.8) is 0 Å². The van der Waals surface area contributed by atoms with Gasteiger partial charge in [-0.1, -0.05) is 11.6 Å². The zero-order valence-electron chi connectivity index (χ0n) is 13.9. The SMILES string of the molecule is Cn1nc(C(=O)NCC(=O)N2CCCCC2)c(=O)c2cc(Cl)ccc21. The normalized spacial score (nSPS) is 14.6. The standard InChI is InChI=1S/C17H19ClN4O3/c1-21-13-6-5-11(18)9-12(13)16(24)15(20-21)17(25)19-10-14(23)22-7-3-2-4-8-22/h5-6,9H,2-4,7-8,10H2,1H3,(H,19,25). The lowest BCUT2D eigenvalue weighted by atomic mass is 10.1. The summed E-state index contributed by atoms with van der Waals surface area (Å²) in [4.78, 5) is 38.7. The van der Waals surface area contributed by atoms with Crippen LogP contribution in [0.15, 0.2) is 23.0 Å². The molecule has 1 aliphatic heterocycles. The number of piperidine rings is 1. The molecular formula is C17H19ClN4O3. The van der Waals surface area contributed by atoms with Gasteiger partial charge in [-0.05, 0) is 37.5 Å². The number of halogens is 1. The third-order valence-corrected chi connectivity index (χ3v) is 4.58. The monoisotopic (exact) mass is 362 g/mol. The van der Waals surface area contributed by atoms with E-state index in [0.29, 0.717) is 29.0 Å². The van der Waals surface area contributed by atoms with Crippen LogP contribution < -0.4 is 10.7 Å². The highest BCUT2D eigenvalue weighted by molar-refractivity contribution is 6.31. The molecule has 1 aromatic heterocycles. The quantitative estimate of drug-likeness (QED) is 0.892. The molecule has 8 heteroatoms. The number of aromatic nitrogens is 2. The number of hydrogen-bond donors (Lipinski definition) is 1. The fourth-order valence-corrected chi connectivity index (χ4v) is 3.16. The number of nitrogens with one attached hydrogen (secondary N) is 1. The van der Waals surface area contributed by atoms with Crippen molar-refractivity contribution in [2.24, 2.45) is 7.05 Å². The molecular weight excluding hydrogens is 344 g/mol. The molecule has 2 heterocycles. The van der Waals surface area contributed by atoms with Crippen molar-refractivity contribution in [1.29, 1.82) is 0 Å². The first-order valence-corrected chi connectivity index (χ1v) is 8.57. The van der Waals surface area contributed by atoms with Crippen LogP contribution in [0, 0.1) is 0 Å². The molecule has 1 aliphatic rings. The molecule has 2 amide bonds. The number of fused-ring (bicyclic) bond motifs is 1. The number of carbonyl (C=O) groups is 2. The maximum Gasteiger partial charge on any atom is 0.276 e. The van der Waals surface area contributed by atoms with Gasteiger partial charge in [0.2, 0.25) is 11.3 Å². The molecule has 0 spiro atoms. The summed E-state index contributed by atoms with van der Waals surface area (Å²) >= 11 is 5.94. The van der Waals surface area contributed by atoms with Crippen LogP contribution in [0.1, 0.15) is 29.8 Å². The first-order valence-electron chi connectivity index (χ1n) is 8.20.